The van der Waals surface area contributed by atoms with E-state index in [2.05, 4.69) is 5.32 Å². The van der Waals surface area contributed by atoms with E-state index in [1.54, 1.807) is 4.90 Å². The number of hydrogen-bond donors (Lipinski definition) is 1. The summed E-state index contributed by atoms with van der Waals surface area (Å²) in [6, 6.07) is 0. The summed E-state index contributed by atoms with van der Waals surface area (Å²) in [5.74, 6) is 0.356. The number of nitrogens with zero attached hydrogens (tertiary/aromatic N) is 2. The molecule has 18 heavy (non-hydrogen) atoms. The quantitative estimate of drug-likeness (QED) is 0.685. The Kier molecular flexibility index (Phi) is 4.30. The standard InChI is InChI=1S/C12H19N3O3/c16-10-1-6-15(7-2-10)12(18)9-14-5-3-11(17)13-4-8-14/h1-9H2,(H,13,17). The number of ketones is 1. The number of Topliss-reactive ketones (excluding diaryl/α,β-unsaturated/α-hetero) is 1. The van der Waals surface area contributed by atoms with Crippen LogP contribution >= 0.6 is 0 Å². The molecule has 6 heteroatoms. The molecule has 0 aromatic carbocycles. The zero-order valence-corrected chi connectivity index (χ0v) is 10.5. The topological polar surface area (TPSA) is 69.7 Å². The van der Waals surface area contributed by atoms with Crippen LogP contribution in [0.15, 0.2) is 0 Å². The fraction of sp³-hybridized carbons (Fsp3) is 0.750. The van der Waals surface area contributed by atoms with E-state index in [1.165, 1.54) is 0 Å². The van der Waals surface area contributed by atoms with Gasteiger partial charge in [-0.15, -0.1) is 0 Å². The van der Waals surface area contributed by atoms with Crippen molar-refractivity contribution in [3.63, 3.8) is 0 Å². The van der Waals surface area contributed by atoms with E-state index >= 15 is 0 Å². The zero-order chi connectivity index (χ0) is 13.0. The average molecular weight is 253 g/mol. The molecule has 2 saturated heterocycles. The molecule has 0 aliphatic carbocycles. The van der Waals surface area contributed by atoms with Gasteiger partial charge in [-0.1, -0.05) is 0 Å². The van der Waals surface area contributed by atoms with Gasteiger partial charge in [0.25, 0.3) is 0 Å². The second kappa shape index (κ2) is 5.95. The van der Waals surface area contributed by atoms with Crippen LogP contribution in [0.4, 0.5) is 0 Å². The fourth-order valence-electron chi connectivity index (χ4n) is 2.27. The number of nitrogens with one attached hydrogen (secondary N) is 1. The van der Waals surface area contributed by atoms with Crippen LogP contribution in [0, 0.1) is 0 Å². The monoisotopic (exact) mass is 253 g/mol. The van der Waals surface area contributed by atoms with Crippen LogP contribution in [0.2, 0.25) is 0 Å². The molecule has 2 fully saturated rings. The van der Waals surface area contributed by atoms with Gasteiger partial charge in [0.05, 0.1) is 6.54 Å². The van der Waals surface area contributed by atoms with Crippen molar-refractivity contribution in [2.45, 2.75) is 19.3 Å². The fourth-order valence-corrected chi connectivity index (χ4v) is 2.27. The second-order valence-corrected chi connectivity index (χ2v) is 4.80. The first-order valence-electron chi connectivity index (χ1n) is 6.43. The maximum atomic E-state index is 12.0. The summed E-state index contributed by atoms with van der Waals surface area (Å²) >= 11 is 0. The Labute approximate surface area is 106 Å². The number of rotatable bonds is 2. The summed E-state index contributed by atoms with van der Waals surface area (Å²) in [7, 11) is 0. The normalized spacial score (nSPS) is 22.6. The van der Waals surface area contributed by atoms with E-state index in [9.17, 15) is 14.4 Å². The van der Waals surface area contributed by atoms with Gasteiger partial charge in [-0.05, 0) is 0 Å². The smallest absolute Gasteiger partial charge is 0.236 e. The van der Waals surface area contributed by atoms with E-state index in [-0.39, 0.29) is 17.6 Å². The van der Waals surface area contributed by atoms with Gasteiger partial charge in [-0.2, -0.15) is 0 Å². The molecule has 0 aromatic heterocycles. The van der Waals surface area contributed by atoms with E-state index in [0.29, 0.717) is 58.5 Å². The molecule has 6 nitrogen and oxygen atoms in total. The molecule has 0 saturated carbocycles. The lowest BCUT2D eigenvalue weighted by atomic mass is 10.1. The number of carbonyl (C=O) groups is 3. The lowest BCUT2D eigenvalue weighted by Gasteiger charge is -2.28. The lowest BCUT2D eigenvalue weighted by molar-refractivity contribution is -0.135. The van der Waals surface area contributed by atoms with Crippen LogP contribution < -0.4 is 5.32 Å². The third-order valence-corrected chi connectivity index (χ3v) is 3.44. The van der Waals surface area contributed by atoms with Crippen molar-refractivity contribution < 1.29 is 14.4 Å². The van der Waals surface area contributed by atoms with Crippen LogP contribution in [0.3, 0.4) is 0 Å². The van der Waals surface area contributed by atoms with Crippen LogP contribution in [-0.2, 0) is 14.4 Å². The first-order chi connectivity index (χ1) is 8.65. The molecular weight excluding hydrogens is 234 g/mol. The number of amides is 2. The summed E-state index contributed by atoms with van der Waals surface area (Å²) in [5.41, 5.74) is 0. The van der Waals surface area contributed by atoms with Crippen LogP contribution in [0.25, 0.3) is 0 Å². The van der Waals surface area contributed by atoms with Gasteiger partial charge in [0.1, 0.15) is 5.78 Å². The van der Waals surface area contributed by atoms with Crippen molar-refractivity contribution in [3.05, 3.63) is 0 Å². The first kappa shape index (κ1) is 13.0. The van der Waals surface area contributed by atoms with E-state index < -0.39 is 0 Å². The lowest BCUT2D eigenvalue weighted by Crippen LogP contribution is -2.45. The van der Waals surface area contributed by atoms with Crippen molar-refractivity contribution in [1.82, 2.24) is 15.1 Å². The third-order valence-electron chi connectivity index (χ3n) is 3.44. The zero-order valence-electron chi connectivity index (χ0n) is 10.5. The van der Waals surface area contributed by atoms with E-state index in [4.69, 9.17) is 0 Å². The molecule has 0 spiro atoms. The molecule has 0 atom stereocenters. The summed E-state index contributed by atoms with van der Waals surface area (Å²) in [5, 5.41) is 2.78. The number of carbonyl (C=O) groups excluding carboxylic acids is 3. The van der Waals surface area contributed by atoms with Gasteiger partial charge >= 0.3 is 0 Å². The number of piperidine rings is 1. The van der Waals surface area contributed by atoms with Gasteiger partial charge < -0.3 is 10.2 Å². The molecule has 1 N–H and O–H groups in total. The second-order valence-electron chi connectivity index (χ2n) is 4.80. The predicted octanol–water partition coefficient (Wildman–Crippen LogP) is -1.00. The van der Waals surface area contributed by atoms with Crippen molar-refractivity contribution in [3.8, 4) is 0 Å². The third kappa shape index (κ3) is 3.53. The van der Waals surface area contributed by atoms with Crippen LogP contribution in [0.5, 0.6) is 0 Å². The summed E-state index contributed by atoms with van der Waals surface area (Å²) in [6.45, 7) is 3.38. The van der Waals surface area contributed by atoms with Gasteiger partial charge in [0, 0.05) is 52.0 Å². The van der Waals surface area contributed by atoms with Gasteiger partial charge in [-0.3, -0.25) is 19.3 Å². The van der Waals surface area contributed by atoms with Gasteiger partial charge in [-0.25, -0.2) is 0 Å². The summed E-state index contributed by atoms with van der Waals surface area (Å²) in [6.07, 6.45) is 1.41. The summed E-state index contributed by atoms with van der Waals surface area (Å²) < 4.78 is 0. The van der Waals surface area contributed by atoms with E-state index in [0.717, 1.165) is 0 Å². The molecule has 0 unspecified atom stereocenters. The largest absolute Gasteiger partial charge is 0.355 e. The van der Waals surface area contributed by atoms with Crippen molar-refractivity contribution in [2.24, 2.45) is 0 Å². The van der Waals surface area contributed by atoms with Crippen molar-refractivity contribution in [1.29, 1.82) is 0 Å². The molecule has 2 amide bonds. The highest BCUT2D eigenvalue weighted by molar-refractivity contribution is 5.84. The predicted molar refractivity (Wildman–Crippen MR) is 64.9 cm³/mol. The molecule has 2 aliphatic heterocycles. The Morgan fingerprint density at radius 2 is 1.78 bits per heavy atom. The minimum absolute atomic E-state index is 0.0496. The highest BCUT2D eigenvalue weighted by Crippen LogP contribution is 2.07. The maximum Gasteiger partial charge on any atom is 0.236 e. The summed E-state index contributed by atoms with van der Waals surface area (Å²) in [4.78, 5) is 38.1. The molecule has 0 radical (unpaired) electrons. The Balaban J connectivity index is 1.79. The van der Waals surface area contributed by atoms with Gasteiger partial charge in [0.2, 0.25) is 11.8 Å². The molecule has 0 aromatic rings. The number of likely N-dealkylation sites (tertiary alicyclic amines) is 1. The molecule has 0 bridgehead atoms. The van der Waals surface area contributed by atoms with Gasteiger partial charge in [0.15, 0.2) is 0 Å². The average Bonchev–Trinajstić information content (AvgIpc) is 2.55. The minimum atomic E-state index is 0.0496. The Morgan fingerprint density at radius 1 is 1.06 bits per heavy atom. The molecule has 2 rings (SSSR count). The minimum Gasteiger partial charge on any atom is -0.355 e. The molecule has 2 heterocycles. The Hall–Kier alpha value is -1.43. The highest BCUT2D eigenvalue weighted by Gasteiger charge is 2.23. The molecular formula is C12H19N3O3. The molecule has 2 aliphatic rings. The number of hydrogen-bond acceptors (Lipinski definition) is 4. The van der Waals surface area contributed by atoms with Crippen LogP contribution in [-0.4, -0.2) is 66.7 Å². The van der Waals surface area contributed by atoms with Crippen molar-refractivity contribution in [2.75, 3.05) is 39.3 Å². The Bertz CT molecular complexity index is 346. The first-order valence-corrected chi connectivity index (χ1v) is 6.43. The molecule has 100 valence electrons. The SMILES string of the molecule is O=C1CCN(C(=O)CN2CCNC(=O)CC2)CC1. The van der Waals surface area contributed by atoms with E-state index in [1.807, 2.05) is 4.90 Å². The maximum absolute atomic E-state index is 12.0. The van der Waals surface area contributed by atoms with Crippen molar-refractivity contribution >= 4 is 17.6 Å². The Morgan fingerprint density at radius 3 is 2.50 bits per heavy atom. The highest BCUT2D eigenvalue weighted by atomic mass is 16.2. The van der Waals surface area contributed by atoms with Crippen LogP contribution in [0.1, 0.15) is 19.3 Å².